The van der Waals surface area contributed by atoms with E-state index in [1.165, 1.54) is 12.8 Å². The van der Waals surface area contributed by atoms with Crippen molar-refractivity contribution < 1.29 is 4.39 Å². The Bertz CT molecular complexity index is 605. The van der Waals surface area contributed by atoms with Gasteiger partial charge in [0.25, 0.3) is 0 Å². The molecule has 1 fully saturated rings. The highest BCUT2D eigenvalue weighted by Crippen LogP contribution is 2.24. The lowest BCUT2D eigenvalue weighted by Crippen LogP contribution is -2.36. The molecule has 1 aliphatic heterocycles. The van der Waals surface area contributed by atoms with E-state index in [4.69, 9.17) is 0 Å². The van der Waals surface area contributed by atoms with E-state index in [1.54, 1.807) is 24.4 Å². The molecule has 5 heteroatoms. The molecule has 0 aliphatic carbocycles. The number of hydrogen-bond acceptors (Lipinski definition) is 3. The number of likely N-dealkylation sites (N-methyl/N-ethyl adjacent to an activating group) is 1. The zero-order valence-electron chi connectivity index (χ0n) is 12.2. The van der Waals surface area contributed by atoms with Gasteiger partial charge in [-0.1, -0.05) is 6.07 Å². The van der Waals surface area contributed by atoms with Crippen LogP contribution in [0.1, 0.15) is 18.4 Å². The molecular formula is C16H21ClFN3. The molecule has 21 heavy (non-hydrogen) atoms. The molecule has 1 aromatic heterocycles. The minimum Gasteiger partial charge on any atom is -0.318 e. The molecule has 1 aliphatic rings. The van der Waals surface area contributed by atoms with E-state index in [0.29, 0.717) is 11.4 Å². The van der Waals surface area contributed by atoms with Crippen LogP contribution in [0.3, 0.4) is 0 Å². The van der Waals surface area contributed by atoms with Gasteiger partial charge in [0.2, 0.25) is 0 Å². The van der Waals surface area contributed by atoms with Crippen molar-refractivity contribution in [2.24, 2.45) is 0 Å². The fraction of sp³-hybridized carbons (Fsp3) is 0.438. The fourth-order valence-electron chi connectivity index (χ4n) is 3.11. The molecule has 1 N–H and O–H groups in total. The highest BCUT2D eigenvalue weighted by molar-refractivity contribution is 5.85. The van der Waals surface area contributed by atoms with Crippen LogP contribution in [0.2, 0.25) is 0 Å². The Morgan fingerprint density at radius 1 is 1.38 bits per heavy atom. The van der Waals surface area contributed by atoms with Gasteiger partial charge in [-0.2, -0.15) is 0 Å². The molecule has 0 saturated carbocycles. The zero-order valence-corrected chi connectivity index (χ0v) is 13.0. The van der Waals surface area contributed by atoms with Crippen LogP contribution in [0, 0.1) is 5.82 Å². The lowest BCUT2D eigenvalue weighted by Gasteiger charge is -2.24. The number of likely N-dealkylation sites (tertiary alicyclic amines) is 1. The van der Waals surface area contributed by atoms with Crippen molar-refractivity contribution >= 4 is 23.3 Å². The first-order chi connectivity index (χ1) is 9.79. The summed E-state index contributed by atoms with van der Waals surface area (Å²) in [6.45, 7) is 2.96. The number of aromatic nitrogens is 1. The van der Waals surface area contributed by atoms with Gasteiger partial charge >= 0.3 is 0 Å². The summed E-state index contributed by atoms with van der Waals surface area (Å²) in [6, 6.07) is 7.59. The van der Waals surface area contributed by atoms with Crippen molar-refractivity contribution in [3.8, 4) is 0 Å². The van der Waals surface area contributed by atoms with Crippen LogP contribution >= 0.6 is 12.4 Å². The third kappa shape index (κ3) is 3.34. The number of fused-ring (bicyclic) bond motifs is 1. The predicted octanol–water partition coefficient (Wildman–Crippen LogP) is 2.98. The lowest BCUT2D eigenvalue weighted by molar-refractivity contribution is 0.243. The van der Waals surface area contributed by atoms with E-state index < -0.39 is 0 Å². The van der Waals surface area contributed by atoms with Gasteiger partial charge in [-0.3, -0.25) is 9.88 Å². The molecule has 2 aromatic rings. The van der Waals surface area contributed by atoms with Crippen molar-refractivity contribution in [2.45, 2.75) is 25.4 Å². The average Bonchev–Trinajstić information content (AvgIpc) is 2.90. The summed E-state index contributed by atoms with van der Waals surface area (Å²) in [5, 5.41) is 3.87. The van der Waals surface area contributed by atoms with Crippen molar-refractivity contribution in [1.29, 1.82) is 0 Å². The van der Waals surface area contributed by atoms with Gasteiger partial charge in [-0.15, -0.1) is 12.4 Å². The molecule has 1 aromatic carbocycles. The van der Waals surface area contributed by atoms with Gasteiger partial charge in [-0.05, 0) is 50.2 Å². The van der Waals surface area contributed by atoms with Gasteiger partial charge in [0, 0.05) is 30.7 Å². The Kier molecular flexibility index (Phi) is 5.51. The number of benzene rings is 1. The van der Waals surface area contributed by atoms with Crippen LogP contribution < -0.4 is 5.32 Å². The maximum absolute atomic E-state index is 13.8. The maximum atomic E-state index is 13.8. The molecule has 3 nitrogen and oxygen atoms in total. The summed E-state index contributed by atoms with van der Waals surface area (Å²) in [5.41, 5.74) is 1.91. The number of rotatable bonds is 4. The van der Waals surface area contributed by atoms with Gasteiger partial charge in [0.05, 0.1) is 5.52 Å². The Balaban J connectivity index is 0.00000161. The first-order valence-corrected chi connectivity index (χ1v) is 7.20. The Hall–Kier alpha value is -1.23. The summed E-state index contributed by atoms with van der Waals surface area (Å²) in [4.78, 5) is 6.84. The maximum Gasteiger partial charge on any atom is 0.132 e. The standard InChI is InChI=1S/C16H20FN3.ClH/c1-18-10-13-4-3-9-20(13)11-12-6-7-15(17)14-5-2-8-19-16(12)14;/h2,5-8,13,18H,3-4,9-11H2,1H3;1H. The highest BCUT2D eigenvalue weighted by atomic mass is 35.5. The number of pyridine rings is 1. The van der Waals surface area contributed by atoms with Crippen molar-refractivity contribution in [3.63, 3.8) is 0 Å². The summed E-state index contributed by atoms with van der Waals surface area (Å²) in [6.07, 6.45) is 4.20. The molecule has 2 heterocycles. The number of nitrogens with zero attached hydrogens (tertiary/aromatic N) is 2. The van der Waals surface area contributed by atoms with Crippen LogP contribution in [-0.2, 0) is 6.54 Å². The van der Waals surface area contributed by atoms with Gasteiger partial charge in [-0.25, -0.2) is 4.39 Å². The van der Waals surface area contributed by atoms with Gasteiger partial charge < -0.3 is 5.32 Å². The summed E-state index contributed by atoms with van der Waals surface area (Å²) in [5.74, 6) is -0.190. The molecule has 0 amide bonds. The minimum atomic E-state index is -0.190. The monoisotopic (exact) mass is 309 g/mol. The molecule has 0 radical (unpaired) electrons. The molecule has 3 rings (SSSR count). The van der Waals surface area contributed by atoms with Crippen LogP contribution in [0.25, 0.3) is 10.9 Å². The topological polar surface area (TPSA) is 28.2 Å². The van der Waals surface area contributed by atoms with Crippen LogP contribution in [0.15, 0.2) is 30.5 Å². The summed E-state index contributed by atoms with van der Waals surface area (Å²) < 4.78 is 13.8. The van der Waals surface area contributed by atoms with E-state index in [1.807, 2.05) is 13.1 Å². The molecular weight excluding hydrogens is 289 g/mol. The predicted molar refractivity (Wildman–Crippen MR) is 86.3 cm³/mol. The molecule has 1 atom stereocenters. The van der Waals surface area contributed by atoms with Crippen LogP contribution in [-0.4, -0.2) is 36.1 Å². The Labute approximate surface area is 131 Å². The smallest absolute Gasteiger partial charge is 0.132 e. The van der Waals surface area contributed by atoms with E-state index in [-0.39, 0.29) is 18.2 Å². The fourth-order valence-corrected chi connectivity index (χ4v) is 3.11. The second-order valence-electron chi connectivity index (χ2n) is 5.43. The first kappa shape index (κ1) is 16.1. The third-order valence-electron chi connectivity index (χ3n) is 4.11. The Morgan fingerprint density at radius 3 is 3.05 bits per heavy atom. The summed E-state index contributed by atoms with van der Waals surface area (Å²) >= 11 is 0. The molecule has 0 spiro atoms. The van der Waals surface area contributed by atoms with E-state index in [2.05, 4.69) is 15.2 Å². The zero-order chi connectivity index (χ0) is 13.9. The third-order valence-corrected chi connectivity index (χ3v) is 4.11. The lowest BCUT2D eigenvalue weighted by atomic mass is 10.1. The van der Waals surface area contributed by atoms with Crippen molar-refractivity contribution in [2.75, 3.05) is 20.1 Å². The Morgan fingerprint density at radius 2 is 2.24 bits per heavy atom. The van der Waals surface area contributed by atoms with E-state index >= 15 is 0 Å². The highest BCUT2D eigenvalue weighted by Gasteiger charge is 2.24. The second-order valence-corrected chi connectivity index (χ2v) is 5.43. The van der Waals surface area contributed by atoms with Crippen LogP contribution in [0.5, 0.6) is 0 Å². The minimum absolute atomic E-state index is 0. The van der Waals surface area contributed by atoms with Gasteiger partial charge in [0.1, 0.15) is 5.82 Å². The van der Waals surface area contributed by atoms with Crippen LogP contribution in [0.4, 0.5) is 4.39 Å². The second kappa shape index (κ2) is 7.16. The summed E-state index contributed by atoms with van der Waals surface area (Å²) in [7, 11) is 1.99. The normalized spacial score (nSPS) is 18.9. The van der Waals surface area contributed by atoms with Gasteiger partial charge in [0.15, 0.2) is 0 Å². The largest absolute Gasteiger partial charge is 0.318 e. The number of hydrogen-bond donors (Lipinski definition) is 1. The quantitative estimate of drug-likeness (QED) is 0.941. The average molecular weight is 310 g/mol. The molecule has 0 bridgehead atoms. The number of halogens is 2. The SMILES string of the molecule is CNCC1CCCN1Cc1ccc(F)c2cccnc12.Cl. The van der Waals surface area contributed by atoms with Crippen molar-refractivity contribution in [1.82, 2.24) is 15.2 Å². The molecule has 114 valence electrons. The first-order valence-electron chi connectivity index (χ1n) is 7.20. The molecule has 1 saturated heterocycles. The number of nitrogens with one attached hydrogen (secondary N) is 1. The van der Waals surface area contributed by atoms with Crippen molar-refractivity contribution in [3.05, 3.63) is 41.8 Å². The molecule has 1 unspecified atom stereocenters. The van der Waals surface area contributed by atoms with E-state index in [0.717, 1.165) is 30.7 Å². The van der Waals surface area contributed by atoms with E-state index in [9.17, 15) is 4.39 Å².